The van der Waals surface area contributed by atoms with E-state index in [-0.39, 0.29) is 17.4 Å². The molecule has 3 rings (SSSR count). The van der Waals surface area contributed by atoms with Crippen LogP contribution in [0.1, 0.15) is 58.1 Å². The maximum Gasteiger partial charge on any atom is 0.326 e. The van der Waals surface area contributed by atoms with Crippen LogP contribution in [0.3, 0.4) is 0 Å². The molecule has 1 aliphatic rings. The van der Waals surface area contributed by atoms with Crippen molar-refractivity contribution < 1.29 is 14.7 Å². The van der Waals surface area contributed by atoms with Crippen molar-refractivity contribution in [2.45, 2.75) is 70.6 Å². The molecule has 0 spiro atoms. The van der Waals surface area contributed by atoms with Gasteiger partial charge >= 0.3 is 5.97 Å². The zero-order chi connectivity index (χ0) is 26.1. The quantitative estimate of drug-likeness (QED) is 0.414. The van der Waals surface area contributed by atoms with Gasteiger partial charge in [-0.25, -0.2) is 4.79 Å². The van der Waals surface area contributed by atoms with Crippen molar-refractivity contribution in [3.8, 4) is 0 Å². The number of rotatable bonds is 7. The zero-order valence-electron chi connectivity index (χ0n) is 20.8. The Hall–Kier alpha value is -2.12. The van der Waals surface area contributed by atoms with E-state index in [2.05, 4.69) is 31.4 Å². The fraction of sp³-hybridized carbons (Fsp3) is 0.481. The third-order valence-electron chi connectivity index (χ3n) is 6.69. The van der Waals surface area contributed by atoms with E-state index >= 15 is 0 Å². The second kappa shape index (κ2) is 10.5. The van der Waals surface area contributed by atoms with Crippen LogP contribution in [0, 0.1) is 11.3 Å². The molecule has 5 N–H and O–H groups in total. The number of carboxylic acid groups (broad SMARTS) is 1. The lowest BCUT2D eigenvalue weighted by atomic mass is 9.68. The summed E-state index contributed by atoms with van der Waals surface area (Å²) in [6.45, 7) is 9.89. The molecule has 0 aliphatic carbocycles. The molecular formula is C27H35Cl2N3O3. The lowest BCUT2D eigenvalue weighted by Crippen LogP contribution is -2.52. The molecule has 0 unspecified atom stereocenters. The predicted molar refractivity (Wildman–Crippen MR) is 141 cm³/mol. The van der Waals surface area contributed by atoms with Gasteiger partial charge in [-0.05, 0) is 53.1 Å². The van der Waals surface area contributed by atoms with E-state index in [1.165, 1.54) is 0 Å². The Balaban J connectivity index is 2.17. The highest BCUT2D eigenvalue weighted by atomic mass is 35.5. The van der Waals surface area contributed by atoms with Gasteiger partial charge in [-0.2, -0.15) is 0 Å². The van der Waals surface area contributed by atoms with Gasteiger partial charge in [-0.3, -0.25) is 4.79 Å². The number of carbonyl (C=O) groups excluding carboxylic acids is 1. The Kier molecular flexibility index (Phi) is 8.22. The minimum atomic E-state index is -1.08. The van der Waals surface area contributed by atoms with Crippen molar-refractivity contribution in [2.24, 2.45) is 17.1 Å². The van der Waals surface area contributed by atoms with E-state index in [1.807, 2.05) is 30.3 Å². The number of hydrogen-bond donors (Lipinski definition) is 4. The summed E-state index contributed by atoms with van der Waals surface area (Å²) in [5, 5.41) is 17.0. The third kappa shape index (κ3) is 6.00. The molecule has 1 saturated heterocycles. The molecule has 0 saturated carbocycles. The SMILES string of the molecule is CC(C)[C@H](NC(=O)[C@H]1N[C@H](CC(C)(C)C)[C@@](N)(c2ccc(Cl)cc2)[C@@H]1c1cccc(Cl)c1)C(=O)O. The minimum absolute atomic E-state index is 0.0967. The molecule has 1 heterocycles. The van der Waals surface area contributed by atoms with Crippen molar-refractivity contribution >= 4 is 35.1 Å². The largest absolute Gasteiger partial charge is 0.480 e. The van der Waals surface area contributed by atoms with Crippen LogP contribution in [-0.2, 0) is 15.1 Å². The van der Waals surface area contributed by atoms with Crippen molar-refractivity contribution in [3.05, 3.63) is 69.7 Å². The number of hydrogen-bond acceptors (Lipinski definition) is 4. The summed E-state index contributed by atoms with van der Waals surface area (Å²) in [7, 11) is 0. The van der Waals surface area contributed by atoms with Crippen LogP contribution in [-0.4, -0.2) is 35.1 Å². The van der Waals surface area contributed by atoms with Crippen LogP contribution in [0.5, 0.6) is 0 Å². The lowest BCUT2D eigenvalue weighted by molar-refractivity contribution is -0.143. The smallest absolute Gasteiger partial charge is 0.326 e. The molecule has 1 aliphatic heterocycles. The number of halogens is 2. The summed E-state index contributed by atoms with van der Waals surface area (Å²) in [6.07, 6.45) is 0.680. The van der Waals surface area contributed by atoms with Crippen molar-refractivity contribution in [1.29, 1.82) is 0 Å². The number of carboxylic acids is 1. The van der Waals surface area contributed by atoms with Gasteiger partial charge < -0.3 is 21.5 Å². The average molecular weight is 521 g/mol. The normalized spacial score (nSPS) is 25.5. The molecule has 2 aromatic carbocycles. The van der Waals surface area contributed by atoms with Crippen LogP contribution in [0.4, 0.5) is 0 Å². The zero-order valence-corrected chi connectivity index (χ0v) is 22.3. The summed E-state index contributed by atoms with van der Waals surface area (Å²) >= 11 is 12.5. The molecule has 0 radical (unpaired) electrons. The van der Waals surface area contributed by atoms with Gasteiger partial charge in [0.2, 0.25) is 5.91 Å². The van der Waals surface area contributed by atoms with E-state index < -0.39 is 35.4 Å². The average Bonchev–Trinajstić information content (AvgIpc) is 3.03. The van der Waals surface area contributed by atoms with Gasteiger partial charge in [0, 0.05) is 22.0 Å². The molecule has 35 heavy (non-hydrogen) atoms. The van der Waals surface area contributed by atoms with E-state index in [4.69, 9.17) is 28.9 Å². The summed E-state index contributed by atoms with van der Waals surface area (Å²) < 4.78 is 0. The topological polar surface area (TPSA) is 104 Å². The molecule has 0 aromatic heterocycles. The maximum absolute atomic E-state index is 13.7. The molecular weight excluding hydrogens is 485 g/mol. The van der Waals surface area contributed by atoms with Crippen molar-refractivity contribution in [1.82, 2.24) is 10.6 Å². The van der Waals surface area contributed by atoms with Gasteiger partial charge in [-0.1, -0.05) is 82.1 Å². The van der Waals surface area contributed by atoms with Crippen LogP contribution in [0.2, 0.25) is 10.0 Å². The molecule has 190 valence electrons. The van der Waals surface area contributed by atoms with E-state index in [0.717, 1.165) is 11.1 Å². The summed E-state index contributed by atoms with van der Waals surface area (Å²) in [5.74, 6) is -2.28. The van der Waals surface area contributed by atoms with Gasteiger partial charge in [0.1, 0.15) is 6.04 Å². The van der Waals surface area contributed by atoms with Gasteiger partial charge in [0.05, 0.1) is 11.6 Å². The maximum atomic E-state index is 13.7. The number of carbonyl (C=O) groups is 2. The van der Waals surface area contributed by atoms with Crippen LogP contribution in [0.15, 0.2) is 48.5 Å². The Bertz CT molecular complexity index is 1070. The molecule has 8 heteroatoms. The summed E-state index contributed by atoms with van der Waals surface area (Å²) in [6, 6.07) is 12.6. The van der Waals surface area contributed by atoms with E-state index in [0.29, 0.717) is 16.5 Å². The highest BCUT2D eigenvalue weighted by Gasteiger charge is 2.57. The van der Waals surface area contributed by atoms with E-state index in [1.54, 1.807) is 32.0 Å². The first-order valence-corrected chi connectivity index (χ1v) is 12.6. The monoisotopic (exact) mass is 519 g/mol. The number of nitrogens with one attached hydrogen (secondary N) is 2. The molecule has 5 atom stereocenters. The van der Waals surface area contributed by atoms with Crippen LogP contribution in [0.25, 0.3) is 0 Å². The highest BCUT2D eigenvalue weighted by molar-refractivity contribution is 6.30. The molecule has 1 amide bonds. The fourth-order valence-electron chi connectivity index (χ4n) is 5.05. The van der Waals surface area contributed by atoms with E-state index in [9.17, 15) is 14.7 Å². The third-order valence-corrected chi connectivity index (χ3v) is 7.17. The molecule has 2 aromatic rings. The van der Waals surface area contributed by atoms with Crippen molar-refractivity contribution in [2.75, 3.05) is 0 Å². The summed E-state index contributed by atoms with van der Waals surface area (Å²) in [5.41, 5.74) is 7.88. The van der Waals surface area contributed by atoms with Gasteiger partial charge in [0.15, 0.2) is 0 Å². The first kappa shape index (κ1) is 27.5. The standard InChI is InChI=1S/C27H35Cl2N3O3/c1-15(2)22(25(34)35)32-24(33)23-21(16-7-6-8-19(29)13-16)27(30,17-9-11-18(28)12-10-17)20(31-23)14-26(3,4)5/h6-13,15,20-23,31H,14,30H2,1-5H3,(H,32,33)(H,34,35)/t20-,21-,22+,23+,27+/m1/s1. The van der Waals surface area contributed by atoms with Gasteiger partial charge in [-0.15, -0.1) is 0 Å². The highest BCUT2D eigenvalue weighted by Crippen LogP contribution is 2.48. The number of nitrogens with two attached hydrogens (primary N) is 1. The number of aliphatic carboxylic acids is 1. The Labute approximate surface area is 217 Å². The Morgan fingerprint density at radius 1 is 1.11 bits per heavy atom. The van der Waals surface area contributed by atoms with Gasteiger partial charge in [0.25, 0.3) is 0 Å². The second-order valence-electron chi connectivity index (χ2n) is 11.0. The van der Waals surface area contributed by atoms with Crippen molar-refractivity contribution in [3.63, 3.8) is 0 Å². The number of amides is 1. The van der Waals surface area contributed by atoms with Crippen LogP contribution < -0.4 is 16.4 Å². The Morgan fingerprint density at radius 3 is 2.26 bits per heavy atom. The Morgan fingerprint density at radius 2 is 1.74 bits per heavy atom. The molecule has 6 nitrogen and oxygen atoms in total. The number of benzene rings is 2. The fourth-order valence-corrected chi connectivity index (χ4v) is 5.38. The van der Waals surface area contributed by atoms with Crippen LogP contribution >= 0.6 is 23.2 Å². The first-order chi connectivity index (χ1) is 16.2. The second-order valence-corrected chi connectivity index (χ2v) is 11.9. The predicted octanol–water partition coefficient (Wildman–Crippen LogP) is 4.93. The minimum Gasteiger partial charge on any atom is -0.480 e. The molecule has 1 fully saturated rings. The molecule has 0 bridgehead atoms. The lowest BCUT2D eigenvalue weighted by Gasteiger charge is -2.39. The summed E-state index contributed by atoms with van der Waals surface area (Å²) in [4.78, 5) is 25.5. The first-order valence-electron chi connectivity index (χ1n) is 11.8.